The quantitative estimate of drug-likeness (QED) is 0.663. The van der Waals surface area contributed by atoms with Crippen LogP contribution in [0.5, 0.6) is 11.6 Å². The van der Waals surface area contributed by atoms with E-state index < -0.39 is 11.7 Å². The van der Waals surface area contributed by atoms with Crippen LogP contribution in [-0.2, 0) is 6.18 Å². The van der Waals surface area contributed by atoms with Crippen LogP contribution < -0.4 is 16.0 Å². The predicted molar refractivity (Wildman–Crippen MR) is 63.6 cm³/mol. The SMILES string of the molecule is NNc1cccc(Oc2ccc(C(F)(F)F)cc2)n1. The second-order valence-corrected chi connectivity index (χ2v) is 3.63. The highest BCUT2D eigenvalue weighted by molar-refractivity contribution is 5.37. The Bertz CT molecular complexity index is 555. The maximum atomic E-state index is 12.4. The van der Waals surface area contributed by atoms with Crippen LogP contribution in [0.1, 0.15) is 5.56 Å². The zero-order valence-electron chi connectivity index (χ0n) is 9.61. The van der Waals surface area contributed by atoms with E-state index in [1.807, 2.05) is 0 Å². The molecule has 0 aliphatic heterocycles. The average molecular weight is 269 g/mol. The number of nitrogens with one attached hydrogen (secondary N) is 1. The molecule has 0 radical (unpaired) electrons. The molecule has 4 nitrogen and oxygen atoms in total. The van der Waals surface area contributed by atoms with Crippen LogP contribution in [0.25, 0.3) is 0 Å². The number of nitrogens with two attached hydrogens (primary N) is 1. The van der Waals surface area contributed by atoms with Gasteiger partial charge in [0.05, 0.1) is 5.56 Å². The van der Waals surface area contributed by atoms with Gasteiger partial charge in [0, 0.05) is 6.07 Å². The molecule has 0 spiro atoms. The second-order valence-electron chi connectivity index (χ2n) is 3.63. The number of pyridine rings is 1. The number of hydrogen-bond acceptors (Lipinski definition) is 4. The lowest BCUT2D eigenvalue weighted by atomic mass is 10.2. The Morgan fingerprint density at radius 2 is 1.74 bits per heavy atom. The first kappa shape index (κ1) is 13.2. The van der Waals surface area contributed by atoms with Gasteiger partial charge in [0.2, 0.25) is 5.88 Å². The molecule has 0 fully saturated rings. The fourth-order valence-electron chi connectivity index (χ4n) is 1.38. The fourth-order valence-corrected chi connectivity index (χ4v) is 1.38. The van der Waals surface area contributed by atoms with E-state index in [-0.39, 0.29) is 11.6 Å². The van der Waals surface area contributed by atoms with Crippen molar-refractivity contribution in [1.29, 1.82) is 0 Å². The van der Waals surface area contributed by atoms with Gasteiger partial charge in [-0.15, -0.1) is 0 Å². The maximum absolute atomic E-state index is 12.4. The zero-order valence-corrected chi connectivity index (χ0v) is 9.61. The standard InChI is InChI=1S/C12H10F3N3O/c13-12(14,15)8-4-6-9(7-5-8)19-11-3-1-2-10(17-11)18-16/h1-7H,16H2,(H,17,18). The van der Waals surface area contributed by atoms with Crippen LogP contribution in [0.15, 0.2) is 42.5 Å². The summed E-state index contributed by atoms with van der Waals surface area (Å²) < 4.78 is 42.4. The lowest BCUT2D eigenvalue weighted by Crippen LogP contribution is -2.08. The Morgan fingerprint density at radius 3 is 2.32 bits per heavy atom. The third-order valence-electron chi connectivity index (χ3n) is 2.28. The molecule has 2 aromatic rings. The monoisotopic (exact) mass is 269 g/mol. The highest BCUT2D eigenvalue weighted by Crippen LogP contribution is 2.31. The number of aromatic nitrogens is 1. The number of nitrogen functional groups attached to an aromatic ring is 1. The number of hydrogen-bond donors (Lipinski definition) is 2. The van der Waals surface area contributed by atoms with E-state index in [1.54, 1.807) is 18.2 Å². The van der Waals surface area contributed by atoms with Crippen molar-refractivity contribution in [3.8, 4) is 11.6 Å². The zero-order chi connectivity index (χ0) is 13.9. The van der Waals surface area contributed by atoms with Crippen LogP contribution >= 0.6 is 0 Å². The van der Waals surface area contributed by atoms with Crippen molar-refractivity contribution in [3.05, 3.63) is 48.0 Å². The number of ether oxygens (including phenoxy) is 1. The molecule has 7 heteroatoms. The lowest BCUT2D eigenvalue weighted by molar-refractivity contribution is -0.137. The summed E-state index contributed by atoms with van der Waals surface area (Å²) in [5.41, 5.74) is 1.61. The highest BCUT2D eigenvalue weighted by atomic mass is 19.4. The summed E-state index contributed by atoms with van der Waals surface area (Å²) in [5, 5.41) is 0. The summed E-state index contributed by atoms with van der Waals surface area (Å²) >= 11 is 0. The number of alkyl halides is 3. The van der Waals surface area contributed by atoms with Gasteiger partial charge in [0.15, 0.2) is 0 Å². The largest absolute Gasteiger partial charge is 0.439 e. The molecule has 3 N–H and O–H groups in total. The van der Waals surface area contributed by atoms with Crippen LogP contribution in [0, 0.1) is 0 Å². The smallest absolute Gasteiger partial charge is 0.416 e. The van der Waals surface area contributed by atoms with Crippen molar-refractivity contribution in [1.82, 2.24) is 4.98 Å². The van der Waals surface area contributed by atoms with E-state index in [2.05, 4.69) is 10.4 Å². The van der Waals surface area contributed by atoms with Crippen LogP contribution in [0.3, 0.4) is 0 Å². The van der Waals surface area contributed by atoms with Gasteiger partial charge in [-0.25, -0.2) is 5.84 Å². The van der Waals surface area contributed by atoms with E-state index in [0.29, 0.717) is 5.82 Å². The Balaban J connectivity index is 2.15. The summed E-state index contributed by atoms with van der Waals surface area (Å²) in [6.45, 7) is 0. The Kier molecular flexibility index (Phi) is 3.57. The minimum Gasteiger partial charge on any atom is -0.439 e. The Labute approximate surface area is 107 Å². The lowest BCUT2D eigenvalue weighted by Gasteiger charge is -2.09. The fraction of sp³-hybridized carbons (Fsp3) is 0.0833. The van der Waals surface area contributed by atoms with Crippen molar-refractivity contribution < 1.29 is 17.9 Å². The third kappa shape index (κ3) is 3.35. The van der Waals surface area contributed by atoms with Crippen molar-refractivity contribution in [2.24, 2.45) is 5.84 Å². The first-order chi connectivity index (χ1) is 8.99. The molecule has 0 unspecified atom stereocenters. The average Bonchev–Trinajstić information content (AvgIpc) is 2.38. The van der Waals surface area contributed by atoms with Gasteiger partial charge in [0.25, 0.3) is 0 Å². The number of anilines is 1. The molecule has 0 saturated heterocycles. The van der Waals surface area contributed by atoms with E-state index in [0.717, 1.165) is 12.1 Å². The molecule has 0 saturated carbocycles. The topological polar surface area (TPSA) is 60.2 Å². The van der Waals surface area contributed by atoms with E-state index in [1.165, 1.54) is 12.1 Å². The first-order valence-corrected chi connectivity index (χ1v) is 5.28. The molecule has 0 atom stereocenters. The van der Waals surface area contributed by atoms with Gasteiger partial charge in [-0.1, -0.05) is 6.07 Å². The summed E-state index contributed by atoms with van der Waals surface area (Å²) in [4.78, 5) is 3.98. The number of benzene rings is 1. The Hall–Kier alpha value is -2.28. The molecule has 2 rings (SSSR count). The third-order valence-corrected chi connectivity index (χ3v) is 2.28. The van der Waals surface area contributed by atoms with Crippen LogP contribution in [0.4, 0.5) is 19.0 Å². The molecule has 0 amide bonds. The van der Waals surface area contributed by atoms with Gasteiger partial charge in [-0.2, -0.15) is 18.2 Å². The summed E-state index contributed by atoms with van der Waals surface area (Å²) in [6.07, 6.45) is -4.36. The number of hydrazine groups is 1. The number of rotatable bonds is 3. The Morgan fingerprint density at radius 1 is 1.05 bits per heavy atom. The van der Waals surface area contributed by atoms with Gasteiger partial charge in [-0.05, 0) is 30.3 Å². The molecule has 0 aliphatic carbocycles. The van der Waals surface area contributed by atoms with Crippen LogP contribution in [0.2, 0.25) is 0 Å². The molecule has 19 heavy (non-hydrogen) atoms. The molecule has 1 aromatic heterocycles. The molecule has 1 heterocycles. The number of halogens is 3. The summed E-state index contributed by atoms with van der Waals surface area (Å²) in [6, 6.07) is 9.20. The van der Waals surface area contributed by atoms with E-state index >= 15 is 0 Å². The predicted octanol–water partition coefficient (Wildman–Crippen LogP) is 3.18. The molecule has 0 aliphatic rings. The minimum atomic E-state index is -4.36. The molecule has 1 aromatic carbocycles. The minimum absolute atomic E-state index is 0.232. The normalized spacial score (nSPS) is 11.2. The molecular weight excluding hydrogens is 259 g/mol. The maximum Gasteiger partial charge on any atom is 0.416 e. The summed E-state index contributed by atoms with van der Waals surface area (Å²) in [5.74, 6) is 6.07. The van der Waals surface area contributed by atoms with Crippen LogP contribution in [-0.4, -0.2) is 4.98 Å². The van der Waals surface area contributed by atoms with Crippen molar-refractivity contribution in [3.63, 3.8) is 0 Å². The molecular formula is C12H10F3N3O. The molecule has 100 valence electrons. The number of nitrogens with zero attached hydrogens (tertiary/aromatic N) is 1. The second kappa shape index (κ2) is 5.15. The van der Waals surface area contributed by atoms with Crippen molar-refractivity contribution in [2.45, 2.75) is 6.18 Å². The molecule has 0 bridgehead atoms. The van der Waals surface area contributed by atoms with Crippen molar-refractivity contribution in [2.75, 3.05) is 5.43 Å². The van der Waals surface area contributed by atoms with Gasteiger partial charge >= 0.3 is 6.18 Å². The summed E-state index contributed by atoms with van der Waals surface area (Å²) in [7, 11) is 0. The highest BCUT2D eigenvalue weighted by Gasteiger charge is 2.30. The van der Waals surface area contributed by atoms with E-state index in [4.69, 9.17) is 10.6 Å². The van der Waals surface area contributed by atoms with Crippen molar-refractivity contribution >= 4 is 5.82 Å². The van der Waals surface area contributed by atoms with Gasteiger partial charge in [-0.3, -0.25) is 0 Å². The first-order valence-electron chi connectivity index (χ1n) is 5.28. The van der Waals surface area contributed by atoms with Gasteiger partial charge < -0.3 is 10.2 Å². The van der Waals surface area contributed by atoms with E-state index in [9.17, 15) is 13.2 Å². The van der Waals surface area contributed by atoms with Gasteiger partial charge in [0.1, 0.15) is 11.6 Å².